The molecule has 0 aliphatic heterocycles. The van der Waals surface area contributed by atoms with Gasteiger partial charge < -0.3 is 16.5 Å². The van der Waals surface area contributed by atoms with Crippen LogP contribution in [-0.4, -0.2) is 24.3 Å². The average molecular weight is 349 g/mol. The Labute approximate surface area is 152 Å². The number of nitrogens with zero attached hydrogens (tertiary/aromatic N) is 1. The van der Waals surface area contributed by atoms with E-state index < -0.39 is 12.3 Å². The summed E-state index contributed by atoms with van der Waals surface area (Å²) in [6.07, 6.45) is 3.70. The van der Waals surface area contributed by atoms with Crippen LogP contribution in [-0.2, 0) is 0 Å². The van der Waals surface area contributed by atoms with Gasteiger partial charge in [-0.1, -0.05) is 32.6 Å². The Morgan fingerprint density at radius 1 is 1.36 bits per heavy atom. The molecule has 0 aromatic heterocycles. The molecule has 0 heterocycles. The maximum absolute atomic E-state index is 14.0. The highest BCUT2D eigenvalue weighted by atomic mass is 19.1. The smallest absolute Gasteiger partial charge is 0.137 e. The number of halogens is 1. The number of alkyl halides is 1. The van der Waals surface area contributed by atoms with Crippen LogP contribution in [0.1, 0.15) is 47.5 Å². The standard InChI is InChI=1S/C20H33FN4/c1-8-10-18(21)20(23)25-15(6)17(12-11-14(5)22)19(13(3)4)16(7)24-9-2/h8-9,12-13,18,20,22,25H,1,6,10-11,23H2,2-5,7H3/b17-12+,19-16+,22-14?,24-9-/t18?,20-/m1/s1. The summed E-state index contributed by atoms with van der Waals surface area (Å²) in [6.45, 7) is 17.3. The molecule has 0 fully saturated rings. The zero-order valence-corrected chi connectivity index (χ0v) is 16.2. The van der Waals surface area contributed by atoms with E-state index in [-0.39, 0.29) is 12.3 Å². The van der Waals surface area contributed by atoms with E-state index in [9.17, 15) is 4.39 Å². The largest absolute Gasteiger partial charge is 0.368 e. The molecule has 0 amide bonds. The van der Waals surface area contributed by atoms with Crippen LogP contribution in [0, 0.1) is 11.3 Å². The van der Waals surface area contributed by atoms with Gasteiger partial charge in [-0.25, -0.2) is 4.39 Å². The number of nitrogens with two attached hydrogens (primary N) is 1. The molecule has 4 nitrogen and oxygen atoms in total. The maximum Gasteiger partial charge on any atom is 0.137 e. The molecular weight excluding hydrogens is 315 g/mol. The van der Waals surface area contributed by atoms with Gasteiger partial charge in [-0.05, 0) is 44.3 Å². The van der Waals surface area contributed by atoms with Crippen molar-refractivity contribution >= 4 is 11.9 Å². The third kappa shape index (κ3) is 8.07. The Bertz CT molecular complexity index is 570. The molecule has 0 saturated carbocycles. The minimum absolute atomic E-state index is 0.173. The summed E-state index contributed by atoms with van der Waals surface area (Å²) in [7, 11) is 0. The lowest BCUT2D eigenvalue weighted by Gasteiger charge is -2.25. The van der Waals surface area contributed by atoms with Crippen LogP contribution in [0.25, 0.3) is 0 Å². The summed E-state index contributed by atoms with van der Waals surface area (Å²) in [5.41, 5.74) is 9.66. The van der Waals surface area contributed by atoms with Crippen molar-refractivity contribution in [2.45, 2.75) is 59.8 Å². The van der Waals surface area contributed by atoms with E-state index in [0.29, 0.717) is 17.8 Å². The Morgan fingerprint density at radius 3 is 2.40 bits per heavy atom. The van der Waals surface area contributed by atoms with E-state index in [1.54, 1.807) is 13.1 Å². The molecule has 0 radical (unpaired) electrons. The van der Waals surface area contributed by atoms with Crippen LogP contribution < -0.4 is 11.1 Å². The molecule has 2 atom stereocenters. The fraction of sp³-hybridized carbons (Fsp3) is 0.500. The Hall–Kier alpha value is -2.01. The third-order valence-corrected chi connectivity index (χ3v) is 3.64. The first-order valence-electron chi connectivity index (χ1n) is 8.55. The van der Waals surface area contributed by atoms with Crippen LogP contribution in [0.3, 0.4) is 0 Å². The van der Waals surface area contributed by atoms with Crippen molar-refractivity contribution in [2.24, 2.45) is 16.6 Å². The lowest BCUT2D eigenvalue weighted by atomic mass is 9.90. The van der Waals surface area contributed by atoms with Crippen LogP contribution in [0.15, 0.2) is 52.8 Å². The number of allylic oxidation sites excluding steroid dienone is 4. The highest BCUT2D eigenvalue weighted by Gasteiger charge is 2.20. The topological polar surface area (TPSA) is 74.3 Å². The van der Waals surface area contributed by atoms with Gasteiger partial charge in [0.2, 0.25) is 0 Å². The molecule has 0 spiro atoms. The normalized spacial score (nSPS) is 15.8. The molecule has 0 aromatic carbocycles. The molecule has 0 aliphatic carbocycles. The molecule has 0 aliphatic rings. The first kappa shape index (κ1) is 23.0. The minimum atomic E-state index is -1.25. The van der Waals surface area contributed by atoms with E-state index in [4.69, 9.17) is 11.1 Å². The van der Waals surface area contributed by atoms with Crippen molar-refractivity contribution in [2.75, 3.05) is 0 Å². The summed E-state index contributed by atoms with van der Waals surface area (Å²) < 4.78 is 14.0. The SMILES string of the molecule is C=CCC(F)[C@H](N)NC(=C)C(=C\CC(C)=N)/C(=C(C)/N=C\C)C(C)C. The Kier molecular flexibility index (Phi) is 10.6. The van der Waals surface area contributed by atoms with Gasteiger partial charge in [0.25, 0.3) is 0 Å². The molecule has 4 N–H and O–H groups in total. The van der Waals surface area contributed by atoms with E-state index >= 15 is 0 Å². The van der Waals surface area contributed by atoms with E-state index in [1.165, 1.54) is 6.08 Å². The highest BCUT2D eigenvalue weighted by molar-refractivity contribution is 5.80. The van der Waals surface area contributed by atoms with E-state index in [1.807, 2.05) is 19.9 Å². The zero-order valence-electron chi connectivity index (χ0n) is 16.2. The molecule has 5 heteroatoms. The molecule has 0 saturated heterocycles. The average Bonchev–Trinajstić information content (AvgIpc) is 2.50. The summed E-state index contributed by atoms with van der Waals surface area (Å²) >= 11 is 0. The van der Waals surface area contributed by atoms with Crippen LogP contribution >= 0.6 is 0 Å². The van der Waals surface area contributed by atoms with Gasteiger partial charge in [0.05, 0.1) is 0 Å². The monoisotopic (exact) mass is 348 g/mol. The van der Waals surface area contributed by atoms with Gasteiger partial charge in [-0.15, -0.1) is 6.58 Å². The van der Waals surface area contributed by atoms with Crippen LogP contribution in [0.4, 0.5) is 4.39 Å². The molecule has 0 rings (SSSR count). The van der Waals surface area contributed by atoms with Gasteiger partial charge in [0, 0.05) is 29.7 Å². The van der Waals surface area contributed by atoms with Gasteiger partial charge >= 0.3 is 0 Å². The number of hydrogen-bond acceptors (Lipinski definition) is 4. The number of hydrogen-bond donors (Lipinski definition) is 3. The molecule has 0 bridgehead atoms. The molecule has 1 unspecified atom stereocenters. The third-order valence-electron chi connectivity index (χ3n) is 3.64. The summed E-state index contributed by atoms with van der Waals surface area (Å²) in [5, 5.41) is 10.7. The predicted octanol–water partition coefficient (Wildman–Crippen LogP) is 4.67. The molecule has 140 valence electrons. The first-order valence-corrected chi connectivity index (χ1v) is 8.55. The second-order valence-electron chi connectivity index (χ2n) is 6.33. The van der Waals surface area contributed by atoms with Gasteiger partial charge in [-0.3, -0.25) is 4.99 Å². The summed E-state index contributed by atoms with van der Waals surface area (Å²) in [5.74, 6) is 0.185. The first-order chi connectivity index (χ1) is 11.6. The zero-order chi connectivity index (χ0) is 19.6. The van der Waals surface area contributed by atoms with Crippen molar-refractivity contribution in [1.29, 1.82) is 5.41 Å². The Morgan fingerprint density at radius 2 is 1.96 bits per heavy atom. The van der Waals surface area contributed by atoms with Crippen molar-refractivity contribution in [1.82, 2.24) is 5.32 Å². The van der Waals surface area contributed by atoms with Crippen molar-refractivity contribution in [3.63, 3.8) is 0 Å². The van der Waals surface area contributed by atoms with Gasteiger partial charge in [0.1, 0.15) is 12.3 Å². The molecule has 25 heavy (non-hydrogen) atoms. The lowest BCUT2D eigenvalue weighted by molar-refractivity contribution is 0.265. The van der Waals surface area contributed by atoms with Gasteiger partial charge in [-0.2, -0.15) is 0 Å². The van der Waals surface area contributed by atoms with Crippen LogP contribution in [0.5, 0.6) is 0 Å². The fourth-order valence-corrected chi connectivity index (χ4v) is 2.51. The second kappa shape index (κ2) is 11.5. The number of nitrogens with one attached hydrogen (secondary N) is 2. The summed E-state index contributed by atoms with van der Waals surface area (Å²) in [4.78, 5) is 4.39. The van der Waals surface area contributed by atoms with E-state index in [0.717, 1.165) is 16.8 Å². The predicted molar refractivity (Wildman–Crippen MR) is 108 cm³/mol. The Balaban J connectivity index is 5.80. The summed E-state index contributed by atoms with van der Waals surface area (Å²) in [6, 6.07) is 0. The molecule has 0 aromatic rings. The van der Waals surface area contributed by atoms with Crippen molar-refractivity contribution in [3.8, 4) is 0 Å². The number of rotatable bonds is 11. The van der Waals surface area contributed by atoms with Crippen LogP contribution in [0.2, 0.25) is 0 Å². The minimum Gasteiger partial charge on any atom is -0.368 e. The van der Waals surface area contributed by atoms with Crippen molar-refractivity contribution in [3.05, 3.63) is 47.9 Å². The van der Waals surface area contributed by atoms with Crippen molar-refractivity contribution < 1.29 is 4.39 Å². The lowest BCUT2D eigenvalue weighted by Crippen LogP contribution is -2.44. The maximum atomic E-state index is 14.0. The quantitative estimate of drug-likeness (QED) is 0.220. The van der Waals surface area contributed by atoms with E-state index in [2.05, 4.69) is 37.3 Å². The second-order valence-corrected chi connectivity index (χ2v) is 6.33. The molecular formula is C20H33FN4. The number of aliphatic imine (C=N–C) groups is 1. The van der Waals surface area contributed by atoms with Gasteiger partial charge in [0.15, 0.2) is 0 Å². The fourth-order valence-electron chi connectivity index (χ4n) is 2.51. The highest BCUT2D eigenvalue weighted by Crippen LogP contribution is 2.28.